The largest absolute Gasteiger partial charge is 1.00 e. The topological polar surface area (TPSA) is 0 Å². The Morgan fingerprint density at radius 2 is 0.422 bits per heavy atom. The van der Waals surface area contributed by atoms with E-state index in [2.05, 4.69) is 74.7 Å². The van der Waals surface area contributed by atoms with E-state index < -0.39 is 47.0 Å². The number of hydrogen-bond donors (Lipinski definition) is 0. The molecule has 0 heterocycles. The minimum atomic E-state index is -4.29. The quantitative estimate of drug-likeness (QED) is 0.0936. The normalized spacial score (nSPS) is 11.1. The van der Waals surface area contributed by atoms with Gasteiger partial charge < -0.3 is 24.8 Å². The molecule has 0 nitrogen and oxygen atoms in total. The van der Waals surface area contributed by atoms with Gasteiger partial charge in [0.05, 0.1) is 22.3 Å². The molecule has 0 atom stereocenters. The average Bonchev–Trinajstić information content (AvgIpc) is 2.10. The van der Waals surface area contributed by atoms with E-state index in [0.29, 0.717) is 0 Å². The van der Waals surface area contributed by atoms with Crippen molar-refractivity contribution in [1.29, 1.82) is 0 Å². The molecular formula is C72H60Cl2F12Hf2Si2-6. The van der Waals surface area contributed by atoms with E-state index in [0.717, 1.165) is 177 Å². The molecule has 18 heteroatoms. The zero-order chi connectivity index (χ0) is 62.7. The fourth-order valence-corrected chi connectivity index (χ4v) is 9.90. The molecule has 4 radical (unpaired) electrons. The van der Waals surface area contributed by atoms with Gasteiger partial charge in [-0.15, -0.1) is 138 Å². The summed E-state index contributed by atoms with van der Waals surface area (Å²) in [7, 11) is 2.17. The number of hydrogen-bond acceptors (Lipinski definition) is 0. The van der Waals surface area contributed by atoms with Gasteiger partial charge in [-0.25, -0.2) is 0 Å². The molecule has 0 aliphatic heterocycles. The van der Waals surface area contributed by atoms with Crippen molar-refractivity contribution in [1.82, 2.24) is 0 Å². The van der Waals surface area contributed by atoms with Crippen LogP contribution in [0.5, 0.6) is 0 Å². The number of fused-ring (bicyclic) bond motifs is 4. The molecule has 0 aromatic heterocycles. The second-order valence-electron chi connectivity index (χ2n) is 20.7. The van der Waals surface area contributed by atoms with Crippen molar-refractivity contribution in [3.05, 3.63) is 263 Å². The Kier molecular flexibility index (Phi) is 29.7. The number of rotatable bonds is 4. The molecule has 468 valence electrons. The first kappa shape index (κ1) is 78.4. The third-order valence-electron chi connectivity index (χ3n) is 13.7. The summed E-state index contributed by atoms with van der Waals surface area (Å²) in [6.45, 7) is 16.7. The maximum atomic E-state index is 12.6. The van der Waals surface area contributed by atoms with Crippen molar-refractivity contribution in [2.24, 2.45) is 0 Å². The van der Waals surface area contributed by atoms with Crippen LogP contribution in [-0.2, 0) is 76.4 Å². The Bertz CT molecular complexity index is 3600. The Morgan fingerprint density at radius 3 is 0.567 bits per heavy atom. The van der Waals surface area contributed by atoms with E-state index in [1.54, 1.807) is 0 Å². The fourth-order valence-electron chi connectivity index (χ4n) is 9.90. The SMILES string of the molecule is C[Si]C.C[Si]C.Cc1cc2c(-c3ccc(C(F)(F)F)cc3)cccc2[cH-]1.Cc1cc2c(-c3ccc(C(F)(F)F)cc3)cccc2[cH-]1.Cc1cc2c(-c3ccc(C(F)(F)F)cc3)cccc2[cH-]1.Cc1cc2c(-c3ccc(C(F)(F)F)cc3)cccc2[cH-]1.[Cl-].[Cl-].[Hf].[Hf]. The van der Waals surface area contributed by atoms with Crippen LogP contribution in [0.1, 0.15) is 44.5 Å². The van der Waals surface area contributed by atoms with Crippen molar-refractivity contribution in [2.75, 3.05) is 0 Å². The van der Waals surface area contributed by atoms with Gasteiger partial charge >= 0.3 is 24.7 Å². The Balaban J connectivity index is 0.000000300. The molecule has 12 aromatic rings. The Hall–Kier alpha value is -5.89. The molecule has 0 fully saturated rings. The Morgan fingerprint density at radius 1 is 0.267 bits per heavy atom. The third-order valence-corrected chi connectivity index (χ3v) is 13.7. The first-order valence-corrected chi connectivity index (χ1v) is 31.1. The van der Waals surface area contributed by atoms with Crippen molar-refractivity contribution in [3.8, 4) is 44.5 Å². The molecular weight excluding hydrogens is 1580 g/mol. The molecule has 0 aliphatic rings. The standard InChI is InChI=1S/4C17H12F3.2C2H6Si.2ClH.2Hf/c4*1-11-9-13-3-2-4-15(16(13)10-11)12-5-7-14(8-6-12)17(18,19)20;2*1-3-2;;;;/h4*2-10H,1H3;2*1-2H3;2*1H;;/q4*-1;;;;;;/p-2. The summed E-state index contributed by atoms with van der Waals surface area (Å²) in [6.07, 6.45) is -17.2. The summed E-state index contributed by atoms with van der Waals surface area (Å²) < 4.78 is 151. The molecule has 12 aromatic carbocycles. The monoisotopic (exact) mass is 1640 g/mol. The van der Waals surface area contributed by atoms with E-state index in [1.165, 1.54) is 48.5 Å². The minimum absolute atomic E-state index is 0. The summed E-state index contributed by atoms with van der Waals surface area (Å²) in [5, 5.41) is 8.74. The summed E-state index contributed by atoms with van der Waals surface area (Å²) in [6, 6.07) is 61.3. The van der Waals surface area contributed by atoms with E-state index in [-0.39, 0.29) is 76.5 Å². The van der Waals surface area contributed by atoms with Gasteiger partial charge in [0.2, 0.25) is 0 Å². The van der Waals surface area contributed by atoms with Crippen LogP contribution in [0.4, 0.5) is 52.7 Å². The number of benzene rings is 8. The van der Waals surface area contributed by atoms with Gasteiger partial charge in [0.25, 0.3) is 0 Å². The van der Waals surface area contributed by atoms with Crippen molar-refractivity contribution < 1.29 is 129 Å². The van der Waals surface area contributed by atoms with Crippen LogP contribution in [0.25, 0.3) is 87.6 Å². The molecule has 0 saturated heterocycles. The van der Waals surface area contributed by atoms with Gasteiger partial charge in [-0.1, -0.05) is 149 Å². The molecule has 0 spiro atoms. The van der Waals surface area contributed by atoms with Gasteiger partial charge in [0.15, 0.2) is 0 Å². The van der Waals surface area contributed by atoms with Gasteiger partial charge in [-0.2, -0.15) is 77.0 Å². The molecule has 0 bridgehead atoms. The predicted octanol–water partition coefficient (Wildman–Crippen LogP) is 17.8. The minimum Gasteiger partial charge on any atom is -1.00 e. The first-order chi connectivity index (χ1) is 40.6. The van der Waals surface area contributed by atoms with E-state index in [9.17, 15) is 52.7 Å². The molecule has 90 heavy (non-hydrogen) atoms. The van der Waals surface area contributed by atoms with E-state index in [4.69, 9.17) is 0 Å². The van der Waals surface area contributed by atoms with Gasteiger partial charge in [-0.3, -0.25) is 0 Å². The van der Waals surface area contributed by atoms with Crippen molar-refractivity contribution in [3.63, 3.8) is 0 Å². The van der Waals surface area contributed by atoms with Crippen LogP contribution in [-0.4, -0.2) is 19.0 Å². The van der Waals surface area contributed by atoms with Crippen LogP contribution in [0, 0.1) is 27.7 Å². The van der Waals surface area contributed by atoms with Crippen LogP contribution in [0.2, 0.25) is 26.2 Å². The molecule has 0 saturated carbocycles. The molecule has 0 aliphatic carbocycles. The molecule has 0 N–H and O–H groups in total. The van der Waals surface area contributed by atoms with Crippen molar-refractivity contribution >= 4 is 62.1 Å². The number of halogens is 14. The van der Waals surface area contributed by atoms with Crippen LogP contribution in [0.3, 0.4) is 0 Å². The molecule has 12 rings (SSSR count). The van der Waals surface area contributed by atoms with E-state index >= 15 is 0 Å². The average molecular weight is 1640 g/mol. The number of alkyl halides is 12. The van der Waals surface area contributed by atoms with Gasteiger partial charge in [0, 0.05) is 70.7 Å². The van der Waals surface area contributed by atoms with Crippen molar-refractivity contribution in [2.45, 2.75) is 78.6 Å². The Labute approximate surface area is 572 Å². The smallest absolute Gasteiger partial charge is 0.416 e. The third kappa shape index (κ3) is 20.6. The van der Waals surface area contributed by atoms with Crippen LogP contribution < -0.4 is 24.8 Å². The maximum Gasteiger partial charge on any atom is 0.416 e. The number of aryl methyl sites for hydroxylation is 4. The van der Waals surface area contributed by atoms with Gasteiger partial charge in [-0.05, 0) is 70.8 Å². The van der Waals surface area contributed by atoms with E-state index in [1.807, 2.05) is 100 Å². The summed E-state index contributed by atoms with van der Waals surface area (Å²) in [4.78, 5) is 0. The molecule has 0 amide bonds. The summed E-state index contributed by atoms with van der Waals surface area (Å²) >= 11 is 0. The van der Waals surface area contributed by atoms with Gasteiger partial charge in [0.1, 0.15) is 0 Å². The first-order valence-electron chi connectivity index (χ1n) is 27.1. The zero-order valence-electron chi connectivity index (χ0n) is 50.1. The fraction of sp³-hybridized carbons (Fsp3) is 0.167. The second-order valence-corrected chi connectivity index (χ2v) is 22.7. The van der Waals surface area contributed by atoms with Crippen LogP contribution in [0.15, 0.2) is 218 Å². The maximum absolute atomic E-state index is 12.6. The summed E-state index contributed by atoms with van der Waals surface area (Å²) in [5.74, 6) is 0. The zero-order valence-corrected chi connectivity index (χ0v) is 60.8. The summed E-state index contributed by atoms with van der Waals surface area (Å²) in [5.41, 5.74) is 9.19. The second kappa shape index (κ2) is 34.1. The predicted molar refractivity (Wildman–Crippen MR) is 334 cm³/mol. The molecule has 0 unspecified atom stereocenters. The van der Waals surface area contributed by atoms with Crippen LogP contribution >= 0.6 is 0 Å².